The Bertz CT molecular complexity index is 260. The van der Waals surface area contributed by atoms with Crippen molar-refractivity contribution in [2.24, 2.45) is 4.99 Å². The Labute approximate surface area is 82.0 Å². The summed E-state index contributed by atoms with van der Waals surface area (Å²) in [4.78, 5) is 4.75. The lowest BCUT2D eigenvalue weighted by Crippen LogP contribution is -2.16. The summed E-state index contributed by atoms with van der Waals surface area (Å²) in [5.41, 5.74) is 4.48. The molecule has 1 nitrogen and oxygen atoms in total. The summed E-state index contributed by atoms with van der Waals surface area (Å²) >= 11 is 0. The molecule has 0 radical (unpaired) electrons. The number of aliphatic imine (C=N–C) groups is 1. The first kappa shape index (κ1) is 10.5. The van der Waals surface area contributed by atoms with Gasteiger partial charge in [-0.2, -0.15) is 0 Å². The predicted molar refractivity (Wildman–Crippen MR) is 59.4 cm³/mol. The number of nitrogens with zero attached hydrogens (tertiary/aromatic N) is 1. The Morgan fingerprint density at radius 1 is 1.46 bits per heavy atom. The molecule has 1 aliphatic heterocycles. The summed E-state index contributed by atoms with van der Waals surface area (Å²) in [6, 6.07) is 0. The van der Waals surface area contributed by atoms with Crippen molar-refractivity contribution in [1.82, 2.24) is 0 Å². The van der Waals surface area contributed by atoms with Crippen LogP contribution >= 0.6 is 0 Å². The fraction of sp³-hybridized carbons (Fsp3) is 0.750. The van der Waals surface area contributed by atoms with Crippen LogP contribution in [-0.2, 0) is 0 Å². The molecule has 1 rings (SSSR count). The van der Waals surface area contributed by atoms with E-state index in [-0.39, 0.29) is 5.54 Å². The van der Waals surface area contributed by atoms with Gasteiger partial charge in [-0.1, -0.05) is 19.4 Å². The summed E-state index contributed by atoms with van der Waals surface area (Å²) in [6.45, 7) is 11.1. The van der Waals surface area contributed by atoms with Crippen molar-refractivity contribution in [2.75, 3.05) is 0 Å². The largest absolute Gasteiger partial charge is 0.283 e. The third kappa shape index (κ3) is 2.01. The highest BCUT2D eigenvalue weighted by molar-refractivity contribution is 6.01. The molecule has 1 atom stereocenters. The molecule has 0 aromatic heterocycles. The second kappa shape index (κ2) is 3.65. The summed E-state index contributed by atoms with van der Waals surface area (Å²) in [5.74, 6) is 0. The van der Waals surface area contributed by atoms with Gasteiger partial charge in [0, 0.05) is 5.71 Å². The first-order valence-electron chi connectivity index (χ1n) is 5.28. The molecule has 1 unspecified atom stereocenters. The van der Waals surface area contributed by atoms with Crippen LogP contribution in [0.5, 0.6) is 0 Å². The topological polar surface area (TPSA) is 12.4 Å². The maximum absolute atomic E-state index is 4.75. The van der Waals surface area contributed by atoms with Crippen LogP contribution in [0.15, 0.2) is 16.1 Å². The Morgan fingerprint density at radius 3 is 2.46 bits per heavy atom. The quantitative estimate of drug-likeness (QED) is 0.612. The lowest BCUT2D eigenvalue weighted by atomic mass is 9.91. The van der Waals surface area contributed by atoms with Gasteiger partial charge >= 0.3 is 0 Å². The minimum absolute atomic E-state index is 0.190. The summed E-state index contributed by atoms with van der Waals surface area (Å²) in [5, 5.41) is 0. The molecule has 0 N–H and O–H groups in total. The number of hydrogen-bond donors (Lipinski definition) is 0. The number of rotatable bonds is 2. The minimum atomic E-state index is 0.190. The van der Waals surface area contributed by atoms with E-state index in [1.807, 2.05) is 0 Å². The third-order valence-electron chi connectivity index (χ3n) is 3.24. The van der Waals surface area contributed by atoms with Crippen LogP contribution < -0.4 is 0 Å². The Hall–Kier alpha value is -0.590. The van der Waals surface area contributed by atoms with E-state index in [1.54, 1.807) is 0 Å². The Morgan fingerprint density at radius 2 is 2.08 bits per heavy atom. The molecule has 1 heteroatoms. The van der Waals surface area contributed by atoms with Gasteiger partial charge in [-0.3, -0.25) is 4.99 Å². The van der Waals surface area contributed by atoms with Crippen LogP contribution in [0, 0.1) is 0 Å². The first-order chi connectivity index (χ1) is 6.02. The van der Waals surface area contributed by atoms with Crippen LogP contribution in [0.3, 0.4) is 0 Å². The van der Waals surface area contributed by atoms with Gasteiger partial charge in [0.1, 0.15) is 0 Å². The van der Waals surface area contributed by atoms with Gasteiger partial charge in [0.15, 0.2) is 0 Å². The maximum Gasteiger partial charge on any atom is 0.0621 e. The van der Waals surface area contributed by atoms with Gasteiger partial charge < -0.3 is 0 Å². The van der Waals surface area contributed by atoms with E-state index < -0.39 is 0 Å². The van der Waals surface area contributed by atoms with Gasteiger partial charge in [-0.05, 0) is 45.6 Å². The smallest absolute Gasteiger partial charge is 0.0621 e. The number of allylic oxidation sites excluding steroid dienone is 1. The monoisotopic (exact) mass is 179 g/mol. The lowest BCUT2D eigenvalue weighted by molar-refractivity contribution is 0.474. The average Bonchev–Trinajstić information content (AvgIpc) is 2.42. The molecule has 0 bridgehead atoms. The van der Waals surface area contributed by atoms with Crippen LogP contribution in [-0.4, -0.2) is 11.3 Å². The lowest BCUT2D eigenvalue weighted by Gasteiger charge is -2.17. The van der Waals surface area contributed by atoms with Gasteiger partial charge in [-0.15, -0.1) is 0 Å². The van der Waals surface area contributed by atoms with Crippen LogP contribution in [0.2, 0.25) is 0 Å². The zero-order valence-corrected chi connectivity index (χ0v) is 9.57. The molecule has 0 amide bonds. The fourth-order valence-electron chi connectivity index (χ4n) is 1.90. The molecule has 0 saturated heterocycles. The zero-order chi connectivity index (χ0) is 10.1. The molecular formula is C12H21N. The second-order valence-corrected chi connectivity index (χ2v) is 4.34. The van der Waals surface area contributed by atoms with Crippen LogP contribution in [0.1, 0.15) is 53.9 Å². The molecule has 1 aliphatic rings. The van der Waals surface area contributed by atoms with Crippen LogP contribution in [0.25, 0.3) is 0 Å². The summed E-state index contributed by atoms with van der Waals surface area (Å²) in [7, 11) is 0. The second-order valence-electron chi connectivity index (χ2n) is 4.34. The van der Waals surface area contributed by atoms with Gasteiger partial charge in [0.25, 0.3) is 0 Å². The van der Waals surface area contributed by atoms with E-state index in [0.29, 0.717) is 0 Å². The van der Waals surface area contributed by atoms with E-state index >= 15 is 0 Å². The van der Waals surface area contributed by atoms with Crippen LogP contribution in [0.4, 0.5) is 0 Å². The molecule has 1 heterocycles. The highest BCUT2D eigenvalue weighted by Crippen LogP contribution is 2.34. The van der Waals surface area contributed by atoms with Crippen molar-refractivity contribution in [3.63, 3.8) is 0 Å². The maximum atomic E-state index is 4.75. The highest BCUT2D eigenvalue weighted by atomic mass is 14.9. The average molecular weight is 179 g/mol. The SMILES string of the molecule is CCC(C)=C1CC(C)(CC)N=C1C. The molecule has 0 aromatic carbocycles. The Kier molecular flexibility index (Phi) is 2.94. The van der Waals surface area contributed by atoms with Gasteiger partial charge in [-0.25, -0.2) is 0 Å². The van der Waals surface area contributed by atoms with E-state index in [1.165, 1.54) is 16.9 Å². The molecule has 13 heavy (non-hydrogen) atoms. The zero-order valence-electron chi connectivity index (χ0n) is 9.57. The van der Waals surface area contributed by atoms with Crippen molar-refractivity contribution >= 4 is 5.71 Å². The summed E-state index contributed by atoms with van der Waals surface area (Å²) < 4.78 is 0. The van der Waals surface area contributed by atoms with Gasteiger partial charge in [0.2, 0.25) is 0 Å². The van der Waals surface area contributed by atoms with Crippen molar-refractivity contribution in [3.05, 3.63) is 11.1 Å². The third-order valence-corrected chi connectivity index (χ3v) is 3.24. The normalized spacial score (nSPS) is 31.9. The molecule has 0 spiro atoms. The van der Waals surface area contributed by atoms with Crippen molar-refractivity contribution < 1.29 is 0 Å². The molecule has 0 aromatic rings. The first-order valence-corrected chi connectivity index (χ1v) is 5.28. The van der Waals surface area contributed by atoms with E-state index in [9.17, 15) is 0 Å². The fourth-order valence-corrected chi connectivity index (χ4v) is 1.90. The van der Waals surface area contributed by atoms with E-state index in [2.05, 4.69) is 34.6 Å². The minimum Gasteiger partial charge on any atom is -0.283 e. The van der Waals surface area contributed by atoms with Crippen molar-refractivity contribution in [1.29, 1.82) is 0 Å². The molecule has 0 aliphatic carbocycles. The molecule has 74 valence electrons. The van der Waals surface area contributed by atoms with Gasteiger partial charge in [0.05, 0.1) is 5.54 Å². The molecule has 0 fully saturated rings. The standard InChI is InChI=1S/C12H21N/c1-6-9(3)11-8-12(5,7-2)13-10(11)4/h6-8H2,1-5H3. The van der Waals surface area contributed by atoms with Crippen molar-refractivity contribution in [3.8, 4) is 0 Å². The van der Waals surface area contributed by atoms with E-state index in [4.69, 9.17) is 4.99 Å². The molecular weight excluding hydrogens is 158 g/mol. The highest BCUT2D eigenvalue weighted by Gasteiger charge is 2.30. The Balaban J connectivity index is 2.95. The van der Waals surface area contributed by atoms with E-state index in [0.717, 1.165) is 19.3 Å². The predicted octanol–water partition coefficient (Wildman–Crippen LogP) is 3.75. The number of hydrogen-bond acceptors (Lipinski definition) is 1. The molecule has 0 saturated carbocycles. The summed E-state index contributed by atoms with van der Waals surface area (Å²) in [6.07, 6.45) is 3.45. The van der Waals surface area contributed by atoms with Crippen molar-refractivity contribution in [2.45, 2.75) is 59.4 Å².